The molecule has 4 nitrogen and oxygen atoms in total. The minimum atomic E-state index is 0.819. The molecule has 0 aromatic carbocycles. The van der Waals surface area contributed by atoms with E-state index in [1.165, 1.54) is 0 Å². The number of hydrogen-bond donors (Lipinski definition) is 0. The second kappa shape index (κ2) is 2.23. The number of hydrogen-bond acceptors (Lipinski definition) is 3. The molecule has 0 unspecified atom stereocenters. The number of ether oxygens (including phenoxy) is 1. The van der Waals surface area contributed by atoms with E-state index < -0.39 is 0 Å². The van der Waals surface area contributed by atoms with E-state index in [9.17, 15) is 0 Å². The highest BCUT2D eigenvalue weighted by Crippen LogP contribution is 2.11. The number of aromatic nitrogens is 3. The fourth-order valence-electron chi connectivity index (χ4n) is 0.936. The van der Waals surface area contributed by atoms with Gasteiger partial charge >= 0.3 is 0 Å². The van der Waals surface area contributed by atoms with Gasteiger partial charge in [-0.3, -0.25) is 0 Å². The zero-order chi connectivity index (χ0) is 7.68. The molecule has 2 aromatic heterocycles. The van der Waals surface area contributed by atoms with Crippen LogP contribution >= 0.6 is 0 Å². The molecule has 0 amide bonds. The van der Waals surface area contributed by atoms with Gasteiger partial charge in [0.2, 0.25) is 0 Å². The predicted molar refractivity (Wildman–Crippen MR) is 39.5 cm³/mol. The van der Waals surface area contributed by atoms with Gasteiger partial charge in [-0.25, -0.2) is 4.52 Å². The van der Waals surface area contributed by atoms with E-state index in [0.717, 1.165) is 11.3 Å². The van der Waals surface area contributed by atoms with E-state index >= 15 is 0 Å². The number of fused-ring (bicyclic) bond motifs is 1. The van der Waals surface area contributed by atoms with Gasteiger partial charge in [-0.1, -0.05) is 5.21 Å². The summed E-state index contributed by atoms with van der Waals surface area (Å²) in [6.07, 6.45) is 3.49. The van der Waals surface area contributed by atoms with Crippen molar-refractivity contribution in [2.45, 2.75) is 0 Å². The van der Waals surface area contributed by atoms with Gasteiger partial charge in [-0.2, -0.15) is 0 Å². The van der Waals surface area contributed by atoms with Gasteiger partial charge in [0.05, 0.1) is 18.8 Å². The zero-order valence-corrected chi connectivity index (χ0v) is 6.06. The summed E-state index contributed by atoms with van der Waals surface area (Å²) in [5.41, 5.74) is 0.935. The Bertz CT molecular complexity index is 368. The van der Waals surface area contributed by atoms with Crippen molar-refractivity contribution in [3.8, 4) is 5.75 Å². The van der Waals surface area contributed by atoms with Crippen LogP contribution in [0.2, 0.25) is 0 Å². The van der Waals surface area contributed by atoms with Crippen LogP contribution in [0.25, 0.3) is 5.52 Å². The summed E-state index contributed by atoms with van der Waals surface area (Å²) in [7, 11) is 1.63. The molecule has 0 bridgehead atoms. The maximum Gasteiger partial charge on any atom is 0.122 e. The van der Waals surface area contributed by atoms with Crippen molar-refractivity contribution in [1.29, 1.82) is 0 Å². The van der Waals surface area contributed by atoms with Crippen LogP contribution in [0.3, 0.4) is 0 Å². The molecule has 0 saturated heterocycles. The van der Waals surface area contributed by atoms with Gasteiger partial charge in [0.25, 0.3) is 0 Å². The highest BCUT2D eigenvalue weighted by atomic mass is 16.5. The van der Waals surface area contributed by atoms with Crippen LogP contribution in [-0.4, -0.2) is 21.9 Å². The molecule has 2 heterocycles. The van der Waals surface area contributed by atoms with Gasteiger partial charge in [-0.15, -0.1) is 5.10 Å². The third-order valence-electron chi connectivity index (χ3n) is 1.51. The highest BCUT2D eigenvalue weighted by molar-refractivity contribution is 5.47. The smallest absolute Gasteiger partial charge is 0.122 e. The second-order valence-corrected chi connectivity index (χ2v) is 2.17. The fourth-order valence-corrected chi connectivity index (χ4v) is 0.936. The minimum absolute atomic E-state index is 0.819. The Morgan fingerprint density at radius 1 is 1.55 bits per heavy atom. The molecule has 0 aliphatic rings. The number of pyridine rings is 1. The van der Waals surface area contributed by atoms with Crippen molar-refractivity contribution in [1.82, 2.24) is 14.8 Å². The van der Waals surface area contributed by atoms with E-state index in [-0.39, 0.29) is 0 Å². The lowest BCUT2D eigenvalue weighted by atomic mass is 10.4. The van der Waals surface area contributed by atoms with Crippen molar-refractivity contribution in [2.24, 2.45) is 0 Å². The summed E-state index contributed by atoms with van der Waals surface area (Å²) in [5, 5.41) is 7.54. The summed E-state index contributed by atoms with van der Waals surface area (Å²) in [4.78, 5) is 0. The molecule has 0 saturated carbocycles. The van der Waals surface area contributed by atoms with Crippen molar-refractivity contribution in [3.05, 3.63) is 24.5 Å². The van der Waals surface area contributed by atoms with E-state index in [1.54, 1.807) is 24.0 Å². The van der Waals surface area contributed by atoms with Crippen LogP contribution in [0.1, 0.15) is 0 Å². The third-order valence-corrected chi connectivity index (χ3v) is 1.51. The van der Waals surface area contributed by atoms with Gasteiger partial charge < -0.3 is 4.74 Å². The lowest BCUT2D eigenvalue weighted by molar-refractivity contribution is 0.414. The third kappa shape index (κ3) is 0.920. The lowest BCUT2D eigenvalue weighted by Crippen LogP contribution is -1.88. The lowest BCUT2D eigenvalue weighted by Gasteiger charge is -1.97. The van der Waals surface area contributed by atoms with Crippen LogP contribution in [0.15, 0.2) is 24.5 Å². The Hall–Kier alpha value is -1.58. The molecule has 0 aliphatic carbocycles. The molecule has 56 valence electrons. The Morgan fingerprint density at radius 2 is 2.45 bits per heavy atom. The first-order chi connectivity index (χ1) is 5.40. The summed E-state index contributed by atoms with van der Waals surface area (Å²) in [6, 6.07) is 3.71. The van der Waals surface area contributed by atoms with E-state index in [2.05, 4.69) is 10.3 Å². The van der Waals surface area contributed by atoms with E-state index in [1.807, 2.05) is 12.1 Å². The molecular weight excluding hydrogens is 142 g/mol. The van der Waals surface area contributed by atoms with Crippen LogP contribution in [-0.2, 0) is 0 Å². The monoisotopic (exact) mass is 149 g/mol. The van der Waals surface area contributed by atoms with Crippen molar-refractivity contribution < 1.29 is 4.74 Å². The summed E-state index contributed by atoms with van der Waals surface area (Å²) >= 11 is 0. The molecule has 2 aromatic rings. The van der Waals surface area contributed by atoms with Crippen molar-refractivity contribution >= 4 is 5.52 Å². The molecule has 0 fully saturated rings. The standard InChI is InChI=1S/C7H7N3O/c1-11-7-2-3-10-6(4-7)5-8-9-10/h2-5H,1H3. The van der Waals surface area contributed by atoms with Crippen LogP contribution in [0.5, 0.6) is 5.75 Å². The first kappa shape index (κ1) is 6.15. The van der Waals surface area contributed by atoms with Gasteiger partial charge in [0.15, 0.2) is 0 Å². The van der Waals surface area contributed by atoms with Gasteiger partial charge in [0, 0.05) is 12.3 Å². The average Bonchev–Trinajstić information content (AvgIpc) is 2.50. The SMILES string of the molecule is COc1ccn2nncc2c1. The molecule has 0 aliphatic heterocycles. The van der Waals surface area contributed by atoms with E-state index in [4.69, 9.17) is 4.74 Å². The normalized spacial score (nSPS) is 10.3. The Kier molecular flexibility index (Phi) is 1.25. The largest absolute Gasteiger partial charge is 0.497 e. The molecule has 11 heavy (non-hydrogen) atoms. The second-order valence-electron chi connectivity index (χ2n) is 2.17. The molecule has 0 spiro atoms. The Morgan fingerprint density at radius 3 is 3.27 bits per heavy atom. The molecular formula is C7H7N3O. The Labute approximate surface area is 63.4 Å². The molecule has 0 atom stereocenters. The number of rotatable bonds is 1. The predicted octanol–water partition coefficient (Wildman–Crippen LogP) is 0.738. The fraction of sp³-hybridized carbons (Fsp3) is 0.143. The maximum atomic E-state index is 5.02. The summed E-state index contributed by atoms with van der Waals surface area (Å²) in [6.45, 7) is 0. The number of nitrogens with zero attached hydrogens (tertiary/aromatic N) is 3. The first-order valence-corrected chi connectivity index (χ1v) is 3.24. The quantitative estimate of drug-likeness (QED) is 0.600. The van der Waals surface area contributed by atoms with Crippen LogP contribution in [0.4, 0.5) is 0 Å². The van der Waals surface area contributed by atoms with Crippen molar-refractivity contribution in [2.75, 3.05) is 7.11 Å². The average molecular weight is 149 g/mol. The van der Waals surface area contributed by atoms with E-state index in [0.29, 0.717) is 0 Å². The zero-order valence-electron chi connectivity index (χ0n) is 6.06. The Balaban J connectivity index is 2.67. The molecule has 4 heteroatoms. The van der Waals surface area contributed by atoms with Crippen molar-refractivity contribution in [3.63, 3.8) is 0 Å². The number of methoxy groups -OCH3 is 1. The molecule has 2 rings (SSSR count). The summed E-state index contributed by atoms with van der Waals surface area (Å²) in [5.74, 6) is 0.819. The topological polar surface area (TPSA) is 39.4 Å². The molecule has 0 N–H and O–H groups in total. The van der Waals surface area contributed by atoms with Crippen LogP contribution < -0.4 is 4.74 Å². The van der Waals surface area contributed by atoms with Gasteiger partial charge in [-0.05, 0) is 6.07 Å². The maximum absolute atomic E-state index is 5.02. The molecule has 0 radical (unpaired) electrons. The van der Waals surface area contributed by atoms with Gasteiger partial charge in [0.1, 0.15) is 5.75 Å². The van der Waals surface area contributed by atoms with Crippen LogP contribution in [0, 0.1) is 0 Å². The summed E-state index contributed by atoms with van der Waals surface area (Å²) < 4.78 is 6.71. The first-order valence-electron chi connectivity index (χ1n) is 3.24. The highest BCUT2D eigenvalue weighted by Gasteiger charge is 1.95. The minimum Gasteiger partial charge on any atom is -0.497 e.